The minimum absolute atomic E-state index is 0.0935. The van der Waals surface area contributed by atoms with E-state index in [1.54, 1.807) is 6.20 Å². The smallest absolute Gasteiger partial charge is 0.0894 e. The van der Waals surface area contributed by atoms with E-state index in [-0.39, 0.29) is 5.41 Å². The van der Waals surface area contributed by atoms with Crippen molar-refractivity contribution in [2.45, 2.75) is 26.2 Å². The van der Waals surface area contributed by atoms with Gasteiger partial charge in [-0.1, -0.05) is 32.9 Å². The Balaban J connectivity index is 2.03. The minimum Gasteiger partial charge on any atom is -0.255 e. The van der Waals surface area contributed by atoms with Gasteiger partial charge in [-0.15, -0.1) is 0 Å². The average molecular weight is 289 g/mol. The molecule has 110 valence electrons. The molecule has 3 heterocycles. The molecular formula is C19H19N3. The summed E-state index contributed by atoms with van der Waals surface area (Å²) in [5.74, 6) is 0. The van der Waals surface area contributed by atoms with Crippen LogP contribution >= 0.6 is 0 Å². The molecule has 0 N–H and O–H groups in total. The molecule has 0 spiro atoms. The minimum atomic E-state index is 0.0935. The van der Waals surface area contributed by atoms with Gasteiger partial charge in [-0.05, 0) is 47.4 Å². The Bertz CT molecular complexity index is 774. The fourth-order valence-corrected chi connectivity index (χ4v) is 2.27. The van der Waals surface area contributed by atoms with Crippen molar-refractivity contribution >= 4 is 0 Å². The molecule has 3 nitrogen and oxygen atoms in total. The Morgan fingerprint density at radius 2 is 1.36 bits per heavy atom. The van der Waals surface area contributed by atoms with E-state index in [9.17, 15) is 0 Å². The van der Waals surface area contributed by atoms with Crippen LogP contribution in [0.5, 0.6) is 0 Å². The van der Waals surface area contributed by atoms with E-state index in [4.69, 9.17) is 4.98 Å². The topological polar surface area (TPSA) is 38.7 Å². The molecule has 0 saturated carbocycles. The lowest BCUT2D eigenvalue weighted by Gasteiger charge is -2.19. The number of aromatic nitrogens is 3. The van der Waals surface area contributed by atoms with Crippen LogP contribution in [0.1, 0.15) is 26.3 Å². The maximum absolute atomic E-state index is 4.71. The van der Waals surface area contributed by atoms with Crippen LogP contribution in [0.4, 0.5) is 0 Å². The first kappa shape index (κ1) is 14.4. The van der Waals surface area contributed by atoms with Crippen LogP contribution in [0.2, 0.25) is 0 Å². The number of rotatable bonds is 2. The van der Waals surface area contributed by atoms with Gasteiger partial charge < -0.3 is 0 Å². The zero-order chi connectivity index (χ0) is 15.6. The van der Waals surface area contributed by atoms with Crippen molar-refractivity contribution in [3.8, 4) is 22.8 Å². The third-order valence-electron chi connectivity index (χ3n) is 3.56. The van der Waals surface area contributed by atoms with E-state index in [1.807, 2.05) is 42.6 Å². The Morgan fingerprint density at radius 3 is 2.05 bits per heavy atom. The maximum Gasteiger partial charge on any atom is 0.0894 e. The zero-order valence-electron chi connectivity index (χ0n) is 13.1. The lowest BCUT2D eigenvalue weighted by Crippen LogP contribution is -2.11. The molecule has 22 heavy (non-hydrogen) atoms. The highest BCUT2D eigenvalue weighted by Gasteiger charge is 2.15. The summed E-state index contributed by atoms with van der Waals surface area (Å²) >= 11 is 0. The summed E-state index contributed by atoms with van der Waals surface area (Å²) in [4.78, 5) is 13.5. The summed E-state index contributed by atoms with van der Waals surface area (Å²) in [5.41, 5.74) is 4.84. The van der Waals surface area contributed by atoms with E-state index in [2.05, 4.69) is 42.9 Å². The molecule has 3 rings (SSSR count). The van der Waals surface area contributed by atoms with E-state index >= 15 is 0 Å². The van der Waals surface area contributed by atoms with Crippen LogP contribution in [0.15, 0.2) is 60.9 Å². The number of hydrogen-bond acceptors (Lipinski definition) is 3. The third kappa shape index (κ3) is 3.03. The zero-order valence-corrected chi connectivity index (χ0v) is 13.1. The van der Waals surface area contributed by atoms with Gasteiger partial charge in [0.05, 0.1) is 22.8 Å². The molecular weight excluding hydrogens is 270 g/mol. The summed E-state index contributed by atoms with van der Waals surface area (Å²) < 4.78 is 0. The molecule has 0 saturated heterocycles. The van der Waals surface area contributed by atoms with Gasteiger partial charge in [0, 0.05) is 12.4 Å². The number of nitrogens with zero attached hydrogens (tertiary/aromatic N) is 3. The van der Waals surface area contributed by atoms with Crippen LogP contribution in [-0.2, 0) is 5.41 Å². The number of pyridine rings is 3. The second-order valence-corrected chi connectivity index (χ2v) is 6.30. The Hall–Kier alpha value is -2.55. The molecule has 0 amide bonds. The van der Waals surface area contributed by atoms with Crippen LogP contribution in [0, 0.1) is 0 Å². The second kappa shape index (κ2) is 5.68. The highest BCUT2D eigenvalue weighted by atomic mass is 14.8. The first-order chi connectivity index (χ1) is 10.5. The standard InChI is InChI=1S/C19H19N3/c1-19(2,3)14-10-12-21-18(13-14)17-9-6-8-16(22-17)15-7-4-5-11-20-15/h4-13H,1-3H3. The fourth-order valence-electron chi connectivity index (χ4n) is 2.27. The predicted molar refractivity (Wildman–Crippen MR) is 89.4 cm³/mol. The Morgan fingerprint density at radius 1 is 0.682 bits per heavy atom. The first-order valence-electron chi connectivity index (χ1n) is 7.39. The Kier molecular flexibility index (Phi) is 3.72. The molecule has 0 aliphatic carbocycles. The summed E-state index contributed by atoms with van der Waals surface area (Å²) in [7, 11) is 0. The summed E-state index contributed by atoms with van der Waals surface area (Å²) in [6, 6.07) is 16.0. The van der Waals surface area contributed by atoms with Gasteiger partial charge in [-0.2, -0.15) is 0 Å². The molecule has 3 aromatic heterocycles. The molecule has 0 aromatic carbocycles. The highest BCUT2D eigenvalue weighted by molar-refractivity contribution is 5.62. The van der Waals surface area contributed by atoms with E-state index < -0.39 is 0 Å². The van der Waals surface area contributed by atoms with Crippen LogP contribution in [0.25, 0.3) is 22.8 Å². The van der Waals surface area contributed by atoms with Crippen molar-refractivity contribution in [3.63, 3.8) is 0 Å². The van der Waals surface area contributed by atoms with Crippen molar-refractivity contribution in [2.75, 3.05) is 0 Å². The van der Waals surface area contributed by atoms with Crippen molar-refractivity contribution in [1.29, 1.82) is 0 Å². The second-order valence-electron chi connectivity index (χ2n) is 6.30. The van der Waals surface area contributed by atoms with E-state index in [0.717, 1.165) is 22.8 Å². The normalized spacial score (nSPS) is 11.4. The molecule has 3 aromatic rings. The molecule has 0 bridgehead atoms. The van der Waals surface area contributed by atoms with Crippen molar-refractivity contribution in [3.05, 3.63) is 66.5 Å². The van der Waals surface area contributed by atoms with Crippen molar-refractivity contribution in [2.24, 2.45) is 0 Å². The van der Waals surface area contributed by atoms with Crippen LogP contribution < -0.4 is 0 Å². The lowest BCUT2D eigenvalue weighted by atomic mass is 9.87. The molecule has 0 fully saturated rings. The monoisotopic (exact) mass is 289 g/mol. The first-order valence-corrected chi connectivity index (χ1v) is 7.39. The molecule has 0 aliphatic rings. The molecule has 0 atom stereocenters. The van der Waals surface area contributed by atoms with Crippen molar-refractivity contribution < 1.29 is 0 Å². The van der Waals surface area contributed by atoms with Gasteiger partial charge in [-0.3, -0.25) is 9.97 Å². The fraction of sp³-hybridized carbons (Fsp3) is 0.211. The van der Waals surface area contributed by atoms with Gasteiger partial charge in [-0.25, -0.2) is 4.98 Å². The maximum atomic E-state index is 4.71. The highest BCUT2D eigenvalue weighted by Crippen LogP contribution is 2.26. The lowest BCUT2D eigenvalue weighted by molar-refractivity contribution is 0.589. The van der Waals surface area contributed by atoms with Crippen molar-refractivity contribution in [1.82, 2.24) is 15.0 Å². The van der Waals surface area contributed by atoms with Crippen LogP contribution in [-0.4, -0.2) is 15.0 Å². The van der Waals surface area contributed by atoms with Gasteiger partial charge >= 0.3 is 0 Å². The summed E-state index contributed by atoms with van der Waals surface area (Å²) in [6.07, 6.45) is 3.63. The molecule has 0 unspecified atom stereocenters. The van der Waals surface area contributed by atoms with E-state index in [0.29, 0.717) is 0 Å². The molecule has 3 heteroatoms. The predicted octanol–water partition coefficient (Wildman–Crippen LogP) is 4.50. The third-order valence-corrected chi connectivity index (χ3v) is 3.56. The molecule has 0 radical (unpaired) electrons. The van der Waals surface area contributed by atoms with E-state index in [1.165, 1.54) is 5.56 Å². The van der Waals surface area contributed by atoms with Gasteiger partial charge in [0.2, 0.25) is 0 Å². The molecule has 0 aliphatic heterocycles. The number of hydrogen-bond donors (Lipinski definition) is 0. The summed E-state index contributed by atoms with van der Waals surface area (Å²) in [6.45, 7) is 6.59. The average Bonchev–Trinajstić information content (AvgIpc) is 2.55. The summed E-state index contributed by atoms with van der Waals surface area (Å²) in [5, 5.41) is 0. The van der Waals surface area contributed by atoms with Gasteiger partial charge in [0.1, 0.15) is 0 Å². The SMILES string of the molecule is CC(C)(C)c1ccnc(-c2cccc(-c3ccccn3)n2)c1. The van der Waals surface area contributed by atoms with Gasteiger partial charge in [0.25, 0.3) is 0 Å². The largest absolute Gasteiger partial charge is 0.255 e. The van der Waals surface area contributed by atoms with Gasteiger partial charge in [0.15, 0.2) is 0 Å². The van der Waals surface area contributed by atoms with Crippen LogP contribution in [0.3, 0.4) is 0 Å². The Labute approximate surface area is 131 Å². The quantitative estimate of drug-likeness (QED) is 0.697.